The number of methoxy groups -OCH3 is 1. The Morgan fingerprint density at radius 3 is 2.75 bits per heavy atom. The summed E-state index contributed by atoms with van der Waals surface area (Å²) in [5, 5.41) is 9.36. The van der Waals surface area contributed by atoms with Crippen molar-refractivity contribution in [3.8, 4) is 5.75 Å². The molecule has 0 aliphatic carbocycles. The molecule has 0 saturated carbocycles. The van der Waals surface area contributed by atoms with E-state index in [0.29, 0.717) is 28.2 Å². The van der Waals surface area contributed by atoms with Crippen molar-refractivity contribution in [3.05, 3.63) is 76.5 Å². The average molecular weight is 376 g/mol. The zero-order valence-electron chi connectivity index (χ0n) is 14.9. The summed E-state index contributed by atoms with van der Waals surface area (Å²) < 4.78 is 6.61. The summed E-state index contributed by atoms with van der Waals surface area (Å²) in [6.45, 7) is 0.174. The van der Waals surface area contributed by atoms with Crippen molar-refractivity contribution >= 4 is 22.9 Å². The van der Waals surface area contributed by atoms with Gasteiger partial charge in [-0.25, -0.2) is 4.98 Å². The molecule has 28 heavy (non-hydrogen) atoms. The first kappa shape index (κ1) is 17.4. The second kappa shape index (κ2) is 7.31. The molecule has 9 nitrogen and oxygen atoms in total. The smallest absolute Gasteiger partial charge is 0.269 e. The van der Waals surface area contributed by atoms with Crippen LogP contribution in [0.25, 0.3) is 11.0 Å². The van der Waals surface area contributed by atoms with Crippen molar-refractivity contribution in [2.24, 2.45) is 0 Å². The first-order valence-corrected chi connectivity index (χ1v) is 8.45. The molecule has 4 rings (SSSR count). The second-order valence-electron chi connectivity index (χ2n) is 5.96. The number of carbonyl (C=O) groups is 1. The number of anilines is 1. The monoisotopic (exact) mass is 376 g/mol. The Morgan fingerprint density at radius 2 is 1.96 bits per heavy atom. The molecule has 1 amide bonds. The van der Waals surface area contributed by atoms with Crippen molar-refractivity contribution in [1.29, 1.82) is 0 Å². The quantitative estimate of drug-likeness (QED) is 0.549. The molecule has 0 fully saturated rings. The number of aromatic amines is 1. The molecule has 0 atom stereocenters. The third kappa shape index (κ3) is 3.45. The maximum Gasteiger partial charge on any atom is 0.269 e. The Hall–Kier alpha value is -4.01. The van der Waals surface area contributed by atoms with Gasteiger partial charge in [-0.2, -0.15) is 4.98 Å². The van der Waals surface area contributed by atoms with E-state index in [9.17, 15) is 9.59 Å². The lowest BCUT2D eigenvalue weighted by Gasteiger charge is -2.07. The Balaban J connectivity index is 1.53. The maximum atomic E-state index is 12.3. The number of ether oxygens (including phenoxy) is 1. The summed E-state index contributed by atoms with van der Waals surface area (Å²) in [5.74, 6) is 0.872. The summed E-state index contributed by atoms with van der Waals surface area (Å²) in [6, 6.07) is 14.0. The highest BCUT2D eigenvalue weighted by molar-refractivity contribution is 6.03. The lowest BCUT2D eigenvalue weighted by molar-refractivity contribution is 0.102. The molecule has 2 aromatic heterocycles. The number of nitrogens with zero attached hydrogens (tertiary/aromatic N) is 4. The van der Waals surface area contributed by atoms with Crippen LogP contribution < -0.4 is 15.6 Å². The molecule has 2 heterocycles. The van der Waals surface area contributed by atoms with Gasteiger partial charge in [0.25, 0.3) is 11.5 Å². The number of nitrogens with one attached hydrogen (secondary N) is 2. The minimum absolute atomic E-state index is 0.127. The van der Waals surface area contributed by atoms with E-state index in [2.05, 4.69) is 25.5 Å². The molecule has 0 unspecified atom stereocenters. The molecule has 0 radical (unpaired) electrons. The van der Waals surface area contributed by atoms with E-state index in [0.717, 1.165) is 0 Å². The van der Waals surface area contributed by atoms with Crippen LogP contribution in [-0.4, -0.2) is 37.7 Å². The highest BCUT2D eigenvalue weighted by Gasteiger charge is 2.12. The number of hydrogen-bond donors (Lipinski definition) is 2. The van der Waals surface area contributed by atoms with Crippen LogP contribution in [0.3, 0.4) is 0 Å². The van der Waals surface area contributed by atoms with Crippen LogP contribution in [-0.2, 0) is 6.54 Å². The van der Waals surface area contributed by atoms with Crippen molar-refractivity contribution in [2.45, 2.75) is 6.54 Å². The zero-order chi connectivity index (χ0) is 19.5. The predicted octanol–water partition coefficient (Wildman–Crippen LogP) is 1.82. The van der Waals surface area contributed by atoms with Gasteiger partial charge in [0.2, 0.25) is 5.95 Å². The van der Waals surface area contributed by atoms with Gasteiger partial charge in [-0.05, 0) is 36.4 Å². The number of carbonyl (C=O) groups excluding carboxylic acids is 1. The molecule has 0 spiro atoms. The largest absolute Gasteiger partial charge is 0.497 e. The molecule has 4 aromatic rings. The fraction of sp³-hybridized carbons (Fsp3) is 0.105. The van der Waals surface area contributed by atoms with E-state index in [-0.39, 0.29) is 24.0 Å². The number of hydrogen-bond acceptors (Lipinski definition) is 6. The van der Waals surface area contributed by atoms with Gasteiger partial charge in [0.1, 0.15) is 11.6 Å². The normalized spacial score (nSPS) is 10.8. The summed E-state index contributed by atoms with van der Waals surface area (Å²) in [6.07, 6.45) is 1.27. The molecule has 0 aliphatic heterocycles. The van der Waals surface area contributed by atoms with Crippen LogP contribution in [0.4, 0.5) is 5.95 Å². The topological polar surface area (TPSA) is 115 Å². The van der Waals surface area contributed by atoms with Crippen LogP contribution >= 0.6 is 0 Å². The summed E-state index contributed by atoms with van der Waals surface area (Å²) >= 11 is 0. The van der Waals surface area contributed by atoms with Gasteiger partial charge in [-0.3, -0.25) is 24.6 Å². The Bertz CT molecular complexity index is 1200. The van der Waals surface area contributed by atoms with Gasteiger partial charge >= 0.3 is 0 Å². The minimum atomic E-state index is -0.347. The van der Waals surface area contributed by atoms with Gasteiger partial charge in [0, 0.05) is 5.56 Å². The SMILES string of the molecule is COc1ccc(C(=O)Nc2n[nH]c(Cn3c(=O)cnc4ccccc43)n2)cc1. The zero-order valence-corrected chi connectivity index (χ0v) is 14.9. The number of aromatic nitrogens is 5. The molecule has 2 N–H and O–H groups in total. The van der Waals surface area contributed by atoms with E-state index in [4.69, 9.17) is 4.74 Å². The molecule has 2 aromatic carbocycles. The maximum absolute atomic E-state index is 12.3. The Kier molecular flexibility index (Phi) is 4.55. The molecule has 0 bridgehead atoms. The van der Waals surface area contributed by atoms with E-state index in [1.165, 1.54) is 10.8 Å². The minimum Gasteiger partial charge on any atom is -0.497 e. The van der Waals surface area contributed by atoms with Crippen molar-refractivity contribution in [2.75, 3.05) is 12.4 Å². The molecular weight excluding hydrogens is 360 g/mol. The lowest BCUT2D eigenvalue weighted by atomic mass is 10.2. The van der Waals surface area contributed by atoms with Gasteiger partial charge in [-0.15, -0.1) is 5.10 Å². The molecule has 9 heteroatoms. The lowest BCUT2D eigenvalue weighted by Crippen LogP contribution is -2.21. The van der Waals surface area contributed by atoms with Crippen LogP contribution in [0.1, 0.15) is 16.2 Å². The highest BCUT2D eigenvalue weighted by atomic mass is 16.5. The van der Waals surface area contributed by atoms with E-state index < -0.39 is 0 Å². The number of fused-ring (bicyclic) bond motifs is 1. The van der Waals surface area contributed by atoms with E-state index in [1.807, 2.05) is 24.3 Å². The Labute approximate surface area is 159 Å². The first-order chi connectivity index (χ1) is 13.6. The van der Waals surface area contributed by atoms with E-state index >= 15 is 0 Å². The fourth-order valence-electron chi connectivity index (χ4n) is 2.77. The number of rotatable bonds is 5. The predicted molar refractivity (Wildman–Crippen MR) is 102 cm³/mol. The van der Waals surface area contributed by atoms with Crippen molar-refractivity contribution < 1.29 is 9.53 Å². The van der Waals surface area contributed by atoms with E-state index in [1.54, 1.807) is 31.4 Å². The fourth-order valence-corrected chi connectivity index (χ4v) is 2.77. The number of benzene rings is 2. The third-order valence-corrected chi connectivity index (χ3v) is 4.17. The second-order valence-corrected chi connectivity index (χ2v) is 5.96. The summed E-state index contributed by atoms with van der Waals surface area (Å²) in [5.41, 5.74) is 1.59. The first-order valence-electron chi connectivity index (χ1n) is 8.45. The standard InChI is InChI=1S/C19H16N6O3/c1-28-13-8-6-12(7-9-13)18(27)22-19-21-16(23-24-19)11-25-15-5-3-2-4-14(15)20-10-17(25)26/h2-10H,11H2,1H3,(H2,21,22,23,24,27). The van der Waals surface area contributed by atoms with Gasteiger partial charge in [0.05, 0.1) is 30.9 Å². The average Bonchev–Trinajstić information content (AvgIpc) is 3.17. The van der Waals surface area contributed by atoms with Crippen LogP contribution in [0.2, 0.25) is 0 Å². The van der Waals surface area contributed by atoms with Gasteiger partial charge < -0.3 is 4.74 Å². The third-order valence-electron chi connectivity index (χ3n) is 4.17. The molecule has 0 aliphatic rings. The van der Waals surface area contributed by atoms with Crippen LogP contribution in [0.15, 0.2) is 59.5 Å². The number of para-hydroxylation sites is 2. The molecule has 0 saturated heterocycles. The number of amides is 1. The summed E-state index contributed by atoms with van der Waals surface area (Å²) in [4.78, 5) is 32.9. The number of H-pyrrole nitrogens is 1. The Morgan fingerprint density at radius 1 is 1.18 bits per heavy atom. The molecule has 140 valence electrons. The van der Waals surface area contributed by atoms with Crippen LogP contribution in [0.5, 0.6) is 5.75 Å². The van der Waals surface area contributed by atoms with Crippen LogP contribution in [0, 0.1) is 0 Å². The highest BCUT2D eigenvalue weighted by Crippen LogP contribution is 2.13. The van der Waals surface area contributed by atoms with Crippen molar-refractivity contribution in [3.63, 3.8) is 0 Å². The molecular formula is C19H16N6O3. The van der Waals surface area contributed by atoms with Crippen molar-refractivity contribution in [1.82, 2.24) is 24.7 Å². The van der Waals surface area contributed by atoms with Gasteiger partial charge in [-0.1, -0.05) is 12.1 Å². The van der Waals surface area contributed by atoms with Gasteiger partial charge in [0.15, 0.2) is 0 Å². The summed E-state index contributed by atoms with van der Waals surface area (Å²) in [7, 11) is 1.56.